The molecule has 0 amide bonds. The van der Waals surface area contributed by atoms with E-state index in [1.54, 1.807) is 0 Å². The molecule has 1 rings (SSSR count). The fourth-order valence-electron chi connectivity index (χ4n) is 1.88. The third kappa shape index (κ3) is 4.31. The summed E-state index contributed by atoms with van der Waals surface area (Å²) in [6.45, 7) is 10.3. The fraction of sp³-hybridized carbons (Fsp3) is 0.714. The highest BCUT2D eigenvalue weighted by atomic mass is 79.9. The van der Waals surface area contributed by atoms with Gasteiger partial charge in [-0.2, -0.15) is 5.10 Å². The first-order valence-electron chi connectivity index (χ1n) is 6.92. The van der Waals surface area contributed by atoms with Gasteiger partial charge in [0.2, 0.25) is 0 Å². The number of halogens is 1. The quantitative estimate of drug-likeness (QED) is 0.832. The summed E-state index contributed by atoms with van der Waals surface area (Å²) in [5, 5.41) is 4.50. The Balaban J connectivity index is 2.87. The normalized spacial score (nSPS) is 13.3. The number of carbonyl (C=O) groups is 1. The van der Waals surface area contributed by atoms with Crippen molar-refractivity contribution in [3.63, 3.8) is 0 Å². The summed E-state index contributed by atoms with van der Waals surface area (Å²) < 4.78 is 8.14. The summed E-state index contributed by atoms with van der Waals surface area (Å²) in [4.78, 5) is 12.0. The van der Waals surface area contributed by atoms with Crippen LogP contribution in [0.3, 0.4) is 0 Å². The lowest BCUT2D eigenvalue weighted by Gasteiger charge is -2.22. The minimum absolute atomic E-state index is 0.383. The SMILES string of the molecule is CCc1nn(CC)c(CC(N)C(=O)OC(C)(C)C)c1Br. The Labute approximate surface area is 129 Å². The van der Waals surface area contributed by atoms with Gasteiger partial charge in [0.05, 0.1) is 15.9 Å². The zero-order valence-electron chi connectivity index (χ0n) is 12.9. The van der Waals surface area contributed by atoms with Crippen molar-refractivity contribution in [3.05, 3.63) is 15.9 Å². The highest BCUT2D eigenvalue weighted by Gasteiger charge is 2.25. The van der Waals surface area contributed by atoms with Gasteiger partial charge in [-0.15, -0.1) is 0 Å². The molecule has 0 aliphatic heterocycles. The van der Waals surface area contributed by atoms with Gasteiger partial charge in [0.25, 0.3) is 0 Å². The first-order chi connectivity index (χ1) is 9.19. The number of ether oxygens (including phenoxy) is 1. The Morgan fingerprint density at radius 3 is 2.50 bits per heavy atom. The van der Waals surface area contributed by atoms with Crippen LogP contribution in [0.2, 0.25) is 0 Å². The van der Waals surface area contributed by atoms with E-state index in [2.05, 4.69) is 21.0 Å². The standard InChI is InChI=1S/C14H24BrN3O2/c1-6-10-12(15)11(18(7-2)17-10)8-9(16)13(19)20-14(3,4)5/h9H,6-8,16H2,1-5H3. The summed E-state index contributed by atoms with van der Waals surface area (Å²) in [6.07, 6.45) is 1.25. The zero-order valence-corrected chi connectivity index (χ0v) is 14.5. The molecule has 20 heavy (non-hydrogen) atoms. The van der Waals surface area contributed by atoms with Crippen LogP contribution in [-0.2, 0) is 28.9 Å². The lowest BCUT2D eigenvalue weighted by atomic mass is 10.1. The second kappa shape index (κ2) is 6.72. The Hall–Kier alpha value is -0.880. The van der Waals surface area contributed by atoms with Gasteiger partial charge in [0, 0.05) is 13.0 Å². The molecule has 114 valence electrons. The van der Waals surface area contributed by atoms with E-state index in [9.17, 15) is 4.79 Å². The molecular formula is C14H24BrN3O2. The molecule has 0 saturated heterocycles. The van der Waals surface area contributed by atoms with Crippen LogP contribution in [0, 0.1) is 0 Å². The smallest absolute Gasteiger partial charge is 0.323 e. The van der Waals surface area contributed by atoms with Crippen molar-refractivity contribution < 1.29 is 9.53 Å². The van der Waals surface area contributed by atoms with Gasteiger partial charge in [0.1, 0.15) is 11.6 Å². The average molecular weight is 346 g/mol. The second-order valence-electron chi connectivity index (χ2n) is 5.72. The molecule has 0 aromatic carbocycles. The van der Waals surface area contributed by atoms with Crippen LogP contribution < -0.4 is 5.73 Å². The monoisotopic (exact) mass is 345 g/mol. The van der Waals surface area contributed by atoms with Crippen LogP contribution in [0.25, 0.3) is 0 Å². The third-order valence-electron chi connectivity index (χ3n) is 2.82. The van der Waals surface area contributed by atoms with Crippen molar-refractivity contribution in [3.8, 4) is 0 Å². The fourth-order valence-corrected chi connectivity index (χ4v) is 2.61. The van der Waals surface area contributed by atoms with Crippen LogP contribution >= 0.6 is 15.9 Å². The molecule has 1 unspecified atom stereocenters. The molecule has 1 atom stereocenters. The summed E-state index contributed by atoms with van der Waals surface area (Å²) >= 11 is 3.55. The van der Waals surface area contributed by atoms with E-state index in [0.29, 0.717) is 6.42 Å². The maximum absolute atomic E-state index is 12.0. The third-order valence-corrected chi connectivity index (χ3v) is 3.73. The minimum Gasteiger partial charge on any atom is -0.459 e. The maximum Gasteiger partial charge on any atom is 0.323 e. The summed E-state index contributed by atoms with van der Waals surface area (Å²) in [5.74, 6) is -0.383. The van der Waals surface area contributed by atoms with E-state index in [1.165, 1.54) is 0 Å². The Kier molecular flexibility index (Phi) is 5.77. The first kappa shape index (κ1) is 17.2. The van der Waals surface area contributed by atoms with Gasteiger partial charge in [0.15, 0.2) is 0 Å². The predicted molar refractivity (Wildman–Crippen MR) is 82.5 cm³/mol. The number of rotatable bonds is 5. The molecule has 0 aliphatic rings. The van der Waals surface area contributed by atoms with Crippen LogP contribution in [0.15, 0.2) is 4.47 Å². The van der Waals surface area contributed by atoms with Gasteiger partial charge >= 0.3 is 5.97 Å². The van der Waals surface area contributed by atoms with Crippen molar-refractivity contribution in [2.45, 2.75) is 65.6 Å². The molecular weight excluding hydrogens is 322 g/mol. The molecule has 0 fully saturated rings. The molecule has 1 aromatic rings. The largest absolute Gasteiger partial charge is 0.459 e. The Morgan fingerprint density at radius 2 is 2.05 bits per heavy atom. The summed E-state index contributed by atoms with van der Waals surface area (Å²) in [6, 6.07) is -0.683. The highest BCUT2D eigenvalue weighted by molar-refractivity contribution is 9.10. The highest BCUT2D eigenvalue weighted by Crippen LogP contribution is 2.23. The van der Waals surface area contributed by atoms with Crippen molar-refractivity contribution in [2.75, 3.05) is 0 Å². The number of esters is 1. The molecule has 1 heterocycles. The number of carbonyl (C=O) groups excluding carboxylic acids is 1. The number of hydrogen-bond donors (Lipinski definition) is 1. The van der Waals surface area contributed by atoms with Gasteiger partial charge in [-0.25, -0.2) is 0 Å². The summed E-state index contributed by atoms with van der Waals surface area (Å²) in [5.41, 5.74) is 7.37. The zero-order chi connectivity index (χ0) is 15.5. The van der Waals surface area contributed by atoms with Crippen molar-refractivity contribution in [1.29, 1.82) is 0 Å². The topological polar surface area (TPSA) is 70.1 Å². The van der Waals surface area contributed by atoms with Crippen molar-refractivity contribution in [2.24, 2.45) is 5.73 Å². The van der Waals surface area contributed by atoms with E-state index in [1.807, 2.05) is 39.3 Å². The molecule has 0 saturated carbocycles. The van der Waals surface area contributed by atoms with Crippen LogP contribution in [0.1, 0.15) is 46.0 Å². The number of nitrogens with zero attached hydrogens (tertiary/aromatic N) is 2. The molecule has 2 N–H and O–H groups in total. The maximum atomic E-state index is 12.0. The minimum atomic E-state index is -0.683. The van der Waals surface area contributed by atoms with E-state index >= 15 is 0 Å². The van der Waals surface area contributed by atoms with Gasteiger partial charge in [-0.3, -0.25) is 9.48 Å². The number of aryl methyl sites for hydroxylation is 2. The van der Waals surface area contributed by atoms with Crippen molar-refractivity contribution >= 4 is 21.9 Å². The lowest BCUT2D eigenvalue weighted by molar-refractivity contribution is -0.156. The van der Waals surface area contributed by atoms with Gasteiger partial charge < -0.3 is 10.5 Å². The van der Waals surface area contributed by atoms with E-state index in [0.717, 1.165) is 28.8 Å². The van der Waals surface area contributed by atoms with Gasteiger partial charge in [-0.05, 0) is 50.0 Å². The first-order valence-corrected chi connectivity index (χ1v) is 7.71. The molecule has 0 bridgehead atoms. The van der Waals surface area contributed by atoms with Crippen LogP contribution in [0.4, 0.5) is 0 Å². The number of hydrogen-bond acceptors (Lipinski definition) is 4. The molecule has 5 nitrogen and oxygen atoms in total. The van der Waals surface area contributed by atoms with Crippen LogP contribution in [-0.4, -0.2) is 27.4 Å². The number of aromatic nitrogens is 2. The van der Waals surface area contributed by atoms with Crippen molar-refractivity contribution in [1.82, 2.24) is 9.78 Å². The average Bonchev–Trinajstić information content (AvgIpc) is 2.64. The molecule has 0 radical (unpaired) electrons. The molecule has 1 aromatic heterocycles. The number of nitrogens with two attached hydrogens (primary N) is 1. The van der Waals surface area contributed by atoms with Gasteiger partial charge in [-0.1, -0.05) is 6.92 Å². The van der Waals surface area contributed by atoms with E-state index in [4.69, 9.17) is 10.5 Å². The molecule has 0 spiro atoms. The second-order valence-corrected chi connectivity index (χ2v) is 6.51. The predicted octanol–water partition coefficient (Wildman–Crippen LogP) is 2.44. The van der Waals surface area contributed by atoms with E-state index < -0.39 is 11.6 Å². The van der Waals surface area contributed by atoms with E-state index in [-0.39, 0.29) is 5.97 Å². The lowest BCUT2D eigenvalue weighted by Crippen LogP contribution is -2.39. The molecule has 0 aliphatic carbocycles. The molecule has 6 heteroatoms. The van der Waals surface area contributed by atoms with Crippen LogP contribution in [0.5, 0.6) is 0 Å². The Morgan fingerprint density at radius 1 is 1.45 bits per heavy atom. The Bertz CT molecular complexity index is 477. The summed E-state index contributed by atoms with van der Waals surface area (Å²) in [7, 11) is 0.